The molecule has 2 unspecified atom stereocenters. The van der Waals surface area contributed by atoms with E-state index in [1.54, 1.807) is 0 Å². The first kappa shape index (κ1) is 10.8. The van der Waals surface area contributed by atoms with Crippen LogP contribution in [-0.2, 0) is 0 Å². The van der Waals surface area contributed by atoms with Crippen LogP contribution in [0.15, 0.2) is 12.4 Å². The Morgan fingerprint density at radius 1 is 1.53 bits per heavy atom. The van der Waals surface area contributed by atoms with Crippen molar-refractivity contribution >= 4 is 21.9 Å². The molecule has 0 radical (unpaired) electrons. The molecular formula is C10H13BrFN3. The van der Waals surface area contributed by atoms with Crippen molar-refractivity contribution in [1.29, 1.82) is 0 Å². The van der Waals surface area contributed by atoms with Gasteiger partial charge in [-0.25, -0.2) is 14.4 Å². The van der Waals surface area contributed by atoms with E-state index >= 15 is 0 Å². The summed E-state index contributed by atoms with van der Waals surface area (Å²) in [6, 6.07) is 0.412. The molecule has 1 saturated heterocycles. The Labute approximate surface area is 96.8 Å². The summed E-state index contributed by atoms with van der Waals surface area (Å²) < 4.78 is 12.7. The fourth-order valence-corrected chi connectivity index (χ4v) is 2.93. The van der Waals surface area contributed by atoms with Crippen LogP contribution in [0.1, 0.15) is 13.3 Å². The molecule has 2 heterocycles. The quantitative estimate of drug-likeness (QED) is 0.774. The van der Waals surface area contributed by atoms with E-state index in [1.165, 1.54) is 12.4 Å². The van der Waals surface area contributed by atoms with Crippen molar-refractivity contribution in [2.45, 2.75) is 19.4 Å². The van der Waals surface area contributed by atoms with E-state index in [9.17, 15) is 4.39 Å². The van der Waals surface area contributed by atoms with Crippen LogP contribution in [0.5, 0.6) is 0 Å². The Hall–Kier alpha value is -0.710. The number of alkyl halides is 1. The number of nitrogens with zero attached hydrogens (tertiary/aromatic N) is 3. The van der Waals surface area contributed by atoms with E-state index in [4.69, 9.17) is 0 Å². The first-order chi connectivity index (χ1) is 7.22. The molecule has 1 aromatic rings. The van der Waals surface area contributed by atoms with Gasteiger partial charge in [-0.1, -0.05) is 22.9 Å². The molecule has 0 spiro atoms. The summed E-state index contributed by atoms with van der Waals surface area (Å²) >= 11 is 3.50. The van der Waals surface area contributed by atoms with Crippen molar-refractivity contribution < 1.29 is 4.39 Å². The highest BCUT2D eigenvalue weighted by Crippen LogP contribution is 2.28. The molecule has 0 amide bonds. The van der Waals surface area contributed by atoms with E-state index < -0.39 is 0 Å². The Balaban J connectivity index is 2.20. The zero-order valence-corrected chi connectivity index (χ0v) is 10.1. The summed E-state index contributed by atoms with van der Waals surface area (Å²) in [5.41, 5.74) is 0. The van der Waals surface area contributed by atoms with Crippen LogP contribution < -0.4 is 4.90 Å². The van der Waals surface area contributed by atoms with E-state index in [0.717, 1.165) is 18.3 Å². The van der Waals surface area contributed by atoms with Crippen LogP contribution in [0, 0.1) is 11.7 Å². The summed E-state index contributed by atoms with van der Waals surface area (Å²) in [5.74, 6) is 0.865. The van der Waals surface area contributed by atoms with Crippen LogP contribution in [0.3, 0.4) is 0 Å². The fourth-order valence-electron chi connectivity index (χ4n) is 1.95. The van der Waals surface area contributed by atoms with Crippen LogP contribution in [0.2, 0.25) is 0 Å². The molecule has 5 heteroatoms. The van der Waals surface area contributed by atoms with Crippen molar-refractivity contribution in [2.75, 3.05) is 16.8 Å². The van der Waals surface area contributed by atoms with Crippen molar-refractivity contribution in [2.24, 2.45) is 5.92 Å². The molecule has 2 atom stereocenters. The highest BCUT2D eigenvalue weighted by molar-refractivity contribution is 9.09. The maximum absolute atomic E-state index is 12.7. The van der Waals surface area contributed by atoms with Gasteiger partial charge in [0.1, 0.15) is 0 Å². The molecule has 82 valence electrons. The first-order valence-electron chi connectivity index (χ1n) is 5.02. The minimum atomic E-state index is -0.388. The highest BCUT2D eigenvalue weighted by Gasteiger charge is 2.31. The van der Waals surface area contributed by atoms with Crippen molar-refractivity contribution in [3.63, 3.8) is 0 Å². The van der Waals surface area contributed by atoms with E-state index in [1.807, 2.05) is 0 Å². The maximum Gasteiger partial charge on any atom is 0.225 e. The highest BCUT2D eigenvalue weighted by atomic mass is 79.9. The van der Waals surface area contributed by atoms with Gasteiger partial charge in [0.15, 0.2) is 5.82 Å². The summed E-state index contributed by atoms with van der Waals surface area (Å²) in [6.45, 7) is 3.17. The van der Waals surface area contributed by atoms with Gasteiger partial charge in [0.25, 0.3) is 0 Å². The second-order valence-corrected chi connectivity index (χ2v) is 4.53. The molecule has 1 aromatic heterocycles. The van der Waals surface area contributed by atoms with Gasteiger partial charge in [-0.15, -0.1) is 0 Å². The van der Waals surface area contributed by atoms with Gasteiger partial charge in [0.05, 0.1) is 12.4 Å². The number of aromatic nitrogens is 2. The predicted octanol–water partition coefficient (Wildman–Crippen LogP) is 2.23. The molecule has 0 aliphatic carbocycles. The summed E-state index contributed by atoms with van der Waals surface area (Å²) in [4.78, 5) is 10.2. The van der Waals surface area contributed by atoms with E-state index in [2.05, 4.69) is 37.7 Å². The summed E-state index contributed by atoms with van der Waals surface area (Å²) in [6.07, 6.45) is 3.57. The second kappa shape index (κ2) is 4.43. The minimum Gasteiger partial charge on any atom is -0.337 e. The molecule has 1 aliphatic heterocycles. The molecular weight excluding hydrogens is 261 g/mol. The average Bonchev–Trinajstić information content (AvgIpc) is 2.61. The van der Waals surface area contributed by atoms with Crippen molar-refractivity contribution in [1.82, 2.24) is 9.97 Å². The van der Waals surface area contributed by atoms with Gasteiger partial charge < -0.3 is 4.90 Å². The predicted molar refractivity (Wildman–Crippen MR) is 60.7 cm³/mol. The number of halogens is 2. The minimum absolute atomic E-state index is 0.388. The fraction of sp³-hybridized carbons (Fsp3) is 0.600. The van der Waals surface area contributed by atoms with Crippen LogP contribution in [0.25, 0.3) is 0 Å². The molecule has 0 saturated carbocycles. The van der Waals surface area contributed by atoms with Crippen LogP contribution in [-0.4, -0.2) is 27.9 Å². The molecule has 1 aliphatic rings. The Morgan fingerprint density at radius 3 is 2.80 bits per heavy atom. The Bertz CT molecular complexity index is 330. The monoisotopic (exact) mass is 273 g/mol. The molecule has 1 fully saturated rings. The SMILES string of the molecule is CC1CCN(c2ncc(F)cn2)C1CBr. The zero-order valence-electron chi connectivity index (χ0n) is 8.53. The number of anilines is 1. The Morgan fingerprint density at radius 2 is 2.20 bits per heavy atom. The standard InChI is InChI=1S/C10H13BrFN3/c1-7-2-3-15(9(7)4-11)10-13-5-8(12)6-14-10/h5-7,9H,2-4H2,1H3. The lowest BCUT2D eigenvalue weighted by Gasteiger charge is -2.24. The molecule has 0 aromatic carbocycles. The lowest BCUT2D eigenvalue weighted by molar-refractivity contribution is 0.549. The van der Waals surface area contributed by atoms with Gasteiger partial charge in [0.2, 0.25) is 5.95 Å². The van der Waals surface area contributed by atoms with E-state index in [-0.39, 0.29) is 5.82 Å². The molecule has 3 nitrogen and oxygen atoms in total. The van der Waals surface area contributed by atoms with Crippen molar-refractivity contribution in [3.05, 3.63) is 18.2 Å². The lowest BCUT2D eigenvalue weighted by atomic mass is 10.1. The van der Waals surface area contributed by atoms with Gasteiger partial charge in [-0.3, -0.25) is 0 Å². The normalized spacial score (nSPS) is 25.9. The third-order valence-corrected chi connectivity index (χ3v) is 3.57. The largest absolute Gasteiger partial charge is 0.337 e. The number of rotatable bonds is 2. The molecule has 0 N–H and O–H groups in total. The molecule has 0 bridgehead atoms. The van der Waals surface area contributed by atoms with Gasteiger partial charge in [-0.2, -0.15) is 0 Å². The molecule has 2 rings (SSSR count). The second-order valence-electron chi connectivity index (χ2n) is 3.88. The third-order valence-electron chi connectivity index (χ3n) is 2.90. The maximum atomic E-state index is 12.7. The molecule has 15 heavy (non-hydrogen) atoms. The smallest absolute Gasteiger partial charge is 0.225 e. The van der Waals surface area contributed by atoms with Crippen LogP contribution >= 0.6 is 15.9 Å². The number of hydrogen-bond acceptors (Lipinski definition) is 3. The van der Waals surface area contributed by atoms with Crippen molar-refractivity contribution in [3.8, 4) is 0 Å². The first-order valence-corrected chi connectivity index (χ1v) is 6.14. The van der Waals surface area contributed by atoms with Gasteiger partial charge in [0, 0.05) is 17.9 Å². The topological polar surface area (TPSA) is 29.0 Å². The number of hydrogen-bond donors (Lipinski definition) is 0. The average molecular weight is 274 g/mol. The third kappa shape index (κ3) is 2.12. The lowest BCUT2D eigenvalue weighted by Crippen LogP contribution is -2.34. The van der Waals surface area contributed by atoms with Gasteiger partial charge >= 0.3 is 0 Å². The Kier molecular flexibility index (Phi) is 3.19. The zero-order chi connectivity index (χ0) is 10.8. The van der Waals surface area contributed by atoms with Crippen LogP contribution in [0.4, 0.5) is 10.3 Å². The summed E-state index contributed by atoms with van der Waals surface area (Å²) in [7, 11) is 0. The van der Waals surface area contributed by atoms with Gasteiger partial charge in [-0.05, 0) is 12.3 Å². The van der Waals surface area contributed by atoms with E-state index in [0.29, 0.717) is 17.9 Å². The summed E-state index contributed by atoms with van der Waals surface area (Å²) in [5, 5.41) is 0.898.